The largest absolute Gasteiger partial charge is 0.496 e. The summed E-state index contributed by atoms with van der Waals surface area (Å²) >= 11 is 0. The zero-order valence-electron chi connectivity index (χ0n) is 14.4. The summed E-state index contributed by atoms with van der Waals surface area (Å²) in [6.45, 7) is 1.77. The van der Waals surface area contributed by atoms with E-state index in [2.05, 4.69) is 10.3 Å². The van der Waals surface area contributed by atoms with E-state index in [9.17, 15) is 9.18 Å². The standard InChI is InChI=1S/C19H20FN3O2/c1-12(20)13-4-6-14(7-5-13)19(24)21-10-15-17(25-3)9-8-16-18(15)23(2)11-22-16/h4-9,11-12H,10H2,1-3H3,(H,21,24). The highest BCUT2D eigenvalue weighted by Gasteiger charge is 2.14. The molecule has 0 bridgehead atoms. The van der Waals surface area contributed by atoms with E-state index in [1.165, 1.54) is 6.92 Å². The lowest BCUT2D eigenvalue weighted by atomic mass is 10.1. The van der Waals surface area contributed by atoms with E-state index in [1.54, 1.807) is 37.7 Å². The number of ether oxygens (including phenoxy) is 1. The van der Waals surface area contributed by atoms with Gasteiger partial charge in [0.05, 0.1) is 24.5 Å². The molecule has 3 rings (SSSR count). The Hall–Kier alpha value is -2.89. The van der Waals surface area contributed by atoms with E-state index >= 15 is 0 Å². The first-order valence-electron chi connectivity index (χ1n) is 8.00. The molecule has 0 aliphatic heterocycles. The van der Waals surface area contributed by atoms with Crippen LogP contribution in [0.4, 0.5) is 4.39 Å². The molecule has 1 N–H and O–H groups in total. The minimum atomic E-state index is -1.05. The molecule has 1 unspecified atom stereocenters. The number of halogens is 1. The fraction of sp³-hybridized carbons (Fsp3) is 0.263. The smallest absolute Gasteiger partial charge is 0.251 e. The number of alkyl halides is 1. The third-order valence-corrected chi connectivity index (χ3v) is 4.22. The molecule has 6 heteroatoms. The first-order chi connectivity index (χ1) is 12.0. The molecule has 25 heavy (non-hydrogen) atoms. The van der Waals surface area contributed by atoms with Crippen molar-refractivity contribution in [3.8, 4) is 5.75 Å². The van der Waals surface area contributed by atoms with Gasteiger partial charge in [-0.05, 0) is 36.8 Å². The minimum Gasteiger partial charge on any atom is -0.496 e. The number of carbonyl (C=O) groups excluding carboxylic acids is 1. The number of nitrogens with one attached hydrogen (secondary N) is 1. The van der Waals surface area contributed by atoms with Crippen LogP contribution in [0, 0.1) is 0 Å². The zero-order valence-corrected chi connectivity index (χ0v) is 14.4. The van der Waals surface area contributed by atoms with Crippen LogP contribution >= 0.6 is 0 Å². The summed E-state index contributed by atoms with van der Waals surface area (Å²) in [5.41, 5.74) is 3.66. The number of amides is 1. The number of hydrogen-bond donors (Lipinski definition) is 1. The van der Waals surface area contributed by atoms with Crippen molar-refractivity contribution in [2.75, 3.05) is 7.11 Å². The van der Waals surface area contributed by atoms with Crippen LogP contribution in [0.5, 0.6) is 5.75 Å². The number of hydrogen-bond acceptors (Lipinski definition) is 3. The van der Waals surface area contributed by atoms with Crippen LogP contribution in [0.25, 0.3) is 11.0 Å². The van der Waals surface area contributed by atoms with Gasteiger partial charge in [0.25, 0.3) is 5.91 Å². The maximum absolute atomic E-state index is 13.3. The third-order valence-electron chi connectivity index (χ3n) is 4.22. The second-order valence-electron chi connectivity index (χ2n) is 5.89. The molecule has 0 saturated carbocycles. The molecule has 1 aromatic heterocycles. The maximum atomic E-state index is 13.3. The van der Waals surface area contributed by atoms with Gasteiger partial charge in [-0.2, -0.15) is 0 Å². The molecular formula is C19H20FN3O2. The molecule has 1 amide bonds. The van der Waals surface area contributed by atoms with Gasteiger partial charge in [0.2, 0.25) is 0 Å². The molecule has 0 radical (unpaired) electrons. The molecule has 0 aliphatic carbocycles. The lowest BCUT2D eigenvalue weighted by molar-refractivity contribution is 0.0950. The highest BCUT2D eigenvalue weighted by Crippen LogP contribution is 2.27. The van der Waals surface area contributed by atoms with Gasteiger partial charge in [-0.15, -0.1) is 0 Å². The maximum Gasteiger partial charge on any atom is 0.251 e. The van der Waals surface area contributed by atoms with E-state index in [1.807, 2.05) is 23.7 Å². The van der Waals surface area contributed by atoms with Gasteiger partial charge in [-0.1, -0.05) is 12.1 Å². The summed E-state index contributed by atoms with van der Waals surface area (Å²) in [5.74, 6) is 0.470. The number of aryl methyl sites for hydroxylation is 1. The van der Waals surface area contributed by atoms with E-state index in [-0.39, 0.29) is 5.91 Å². The second kappa shape index (κ2) is 6.93. The summed E-state index contributed by atoms with van der Waals surface area (Å²) in [6.07, 6.45) is 0.676. The molecule has 3 aromatic rings. The minimum absolute atomic E-state index is 0.223. The molecule has 0 aliphatic rings. The van der Waals surface area contributed by atoms with Crippen LogP contribution in [0.2, 0.25) is 0 Å². The summed E-state index contributed by atoms with van der Waals surface area (Å²) in [5, 5.41) is 2.89. The van der Waals surface area contributed by atoms with Gasteiger partial charge in [0.15, 0.2) is 0 Å². The van der Waals surface area contributed by atoms with Crippen LogP contribution in [-0.2, 0) is 13.6 Å². The Morgan fingerprint density at radius 1 is 1.28 bits per heavy atom. The summed E-state index contributed by atoms with van der Waals surface area (Å²) in [7, 11) is 3.50. The van der Waals surface area contributed by atoms with Crippen LogP contribution < -0.4 is 10.1 Å². The topological polar surface area (TPSA) is 56.1 Å². The molecule has 1 atom stereocenters. The van der Waals surface area contributed by atoms with Gasteiger partial charge in [-0.3, -0.25) is 4.79 Å². The molecule has 1 heterocycles. The Morgan fingerprint density at radius 3 is 2.64 bits per heavy atom. The Kier molecular flexibility index (Phi) is 4.70. The van der Waals surface area contributed by atoms with Crippen LogP contribution in [0.15, 0.2) is 42.7 Å². The SMILES string of the molecule is COc1ccc2ncn(C)c2c1CNC(=O)c1ccc(C(C)F)cc1. The zero-order chi connectivity index (χ0) is 18.0. The van der Waals surface area contributed by atoms with Crippen molar-refractivity contribution in [1.82, 2.24) is 14.9 Å². The Balaban J connectivity index is 1.82. The fourth-order valence-corrected chi connectivity index (χ4v) is 2.84. The lowest BCUT2D eigenvalue weighted by Gasteiger charge is -2.12. The van der Waals surface area contributed by atoms with Crippen LogP contribution in [0.1, 0.15) is 34.6 Å². The van der Waals surface area contributed by atoms with Crippen LogP contribution in [0.3, 0.4) is 0 Å². The second-order valence-corrected chi connectivity index (χ2v) is 5.89. The predicted octanol–water partition coefficient (Wildman–Crippen LogP) is 3.54. The monoisotopic (exact) mass is 341 g/mol. The van der Waals surface area contributed by atoms with Crippen molar-refractivity contribution >= 4 is 16.9 Å². The summed E-state index contributed by atoms with van der Waals surface area (Å²) in [6, 6.07) is 10.2. The third kappa shape index (κ3) is 3.33. The van der Waals surface area contributed by atoms with Gasteiger partial charge >= 0.3 is 0 Å². The molecule has 130 valence electrons. The Morgan fingerprint density at radius 2 is 2.00 bits per heavy atom. The number of benzene rings is 2. The van der Waals surface area contributed by atoms with Gasteiger partial charge in [0, 0.05) is 24.7 Å². The lowest BCUT2D eigenvalue weighted by Crippen LogP contribution is -2.23. The van der Waals surface area contributed by atoms with Gasteiger partial charge in [0.1, 0.15) is 11.9 Å². The van der Waals surface area contributed by atoms with Crippen molar-refractivity contribution < 1.29 is 13.9 Å². The average Bonchev–Trinajstić information content (AvgIpc) is 3.00. The Labute approximate surface area is 145 Å². The molecule has 0 saturated heterocycles. The molecule has 0 fully saturated rings. The Bertz CT molecular complexity index is 901. The first-order valence-corrected chi connectivity index (χ1v) is 8.00. The van der Waals surface area contributed by atoms with Crippen molar-refractivity contribution in [1.29, 1.82) is 0 Å². The average molecular weight is 341 g/mol. The quantitative estimate of drug-likeness (QED) is 0.772. The number of fused-ring (bicyclic) bond motifs is 1. The van der Waals surface area contributed by atoms with E-state index in [0.29, 0.717) is 23.4 Å². The van der Waals surface area contributed by atoms with Gasteiger partial charge in [-0.25, -0.2) is 9.37 Å². The number of methoxy groups -OCH3 is 1. The molecule has 2 aromatic carbocycles. The van der Waals surface area contributed by atoms with Crippen molar-refractivity contribution in [3.63, 3.8) is 0 Å². The van der Waals surface area contributed by atoms with E-state index in [0.717, 1.165) is 16.6 Å². The number of imidazole rings is 1. The summed E-state index contributed by atoms with van der Waals surface area (Å²) in [4.78, 5) is 16.7. The predicted molar refractivity (Wildman–Crippen MR) is 94.4 cm³/mol. The first kappa shape index (κ1) is 17.0. The molecule has 0 spiro atoms. The molecule has 5 nitrogen and oxygen atoms in total. The number of aromatic nitrogens is 2. The highest BCUT2D eigenvalue weighted by atomic mass is 19.1. The highest BCUT2D eigenvalue weighted by molar-refractivity contribution is 5.94. The van der Waals surface area contributed by atoms with Crippen molar-refractivity contribution in [3.05, 3.63) is 59.4 Å². The van der Waals surface area contributed by atoms with Crippen molar-refractivity contribution in [2.45, 2.75) is 19.6 Å². The van der Waals surface area contributed by atoms with Gasteiger partial charge < -0.3 is 14.6 Å². The normalized spacial score (nSPS) is 12.2. The van der Waals surface area contributed by atoms with Crippen molar-refractivity contribution in [2.24, 2.45) is 7.05 Å². The van der Waals surface area contributed by atoms with E-state index < -0.39 is 6.17 Å². The molecular weight excluding hydrogens is 321 g/mol. The summed E-state index contributed by atoms with van der Waals surface area (Å²) < 4.78 is 20.6. The van der Waals surface area contributed by atoms with Crippen LogP contribution in [-0.4, -0.2) is 22.6 Å². The fourth-order valence-electron chi connectivity index (χ4n) is 2.84. The number of nitrogens with zero attached hydrogens (tertiary/aromatic N) is 2. The van der Waals surface area contributed by atoms with E-state index in [4.69, 9.17) is 4.74 Å². The number of rotatable bonds is 5. The number of carbonyl (C=O) groups is 1.